The van der Waals surface area contributed by atoms with Crippen molar-refractivity contribution in [3.8, 4) is 22.8 Å². The highest BCUT2D eigenvalue weighted by atomic mass is 32.1. The number of primary amides is 1. The third-order valence-corrected chi connectivity index (χ3v) is 11.4. The zero-order valence-corrected chi connectivity index (χ0v) is 31.1. The summed E-state index contributed by atoms with van der Waals surface area (Å²) in [4.78, 5) is 58.1. The number of alkyl halides is 2. The lowest BCUT2D eigenvalue weighted by molar-refractivity contribution is -0.286. The van der Waals surface area contributed by atoms with E-state index in [-0.39, 0.29) is 41.0 Å². The summed E-state index contributed by atoms with van der Waals surface area (Å²) in [5.74, 6) is -0.714. The first-order chi connectivity index (χ1) is 26.4. The van der Waals surface area contributed by atoms with Gasteiger partial charge in [-0.05, 0) is 99.0 Å². The number of benzene rings is 2. The summed E-state index contributed by atoms with van der Waals surface area (Å²) in [5.41, 5.74) is 7.67. The van der Waals surface area contributed by atoms with E-state index in [4.69, 9.17) is 10.7 Å². The maximum atomic E-state index is 13.6. The van der Waals surface area contributed by atoms with E-state index in [0.29, 0.717) is 80.1 Å². The molecule has 1 saturated carbocycles. The number of nitrogens with zero attached hydrogens (tertiary/aromatic N) is 2. The van der Waals surface area contributed by atoms with Gasteiger partial charge in [0.25, 0.3) is 5.91 Å². The number of halogens is 2. The molecule has 4 heterocycles. The van der Waals surface area contributed by atoms with Crippen LogP contribution in [0.25, 0.3) is 11.3 Å². The average Bonchev–Trinajstić information content (AvgIpc) is 3.72. The fraction of sp³-hybridized carbons (Fsp3) is 0.375. The number of anilines is 2. The lowest BCUT2D eigenvalue weighted by Crippen LogP contribution is -2.52. The van der Waals surface area contributed by atoms with Crippen molar-refractivity contribution in [3.05, 3.63) is 88.3 Å². The van der Waals surface area contributed by atoms with E-state index in [2.05, 4.69) is 30.3 Å². The highest BCUT2D eigenvalue weighted by Gasteiger charge is 2.53. The SMILES string of the molecule is Cc1ccc(NC(=O)C2(c3ccc4c(c3)OC(F)(F)O4)CC2)nc1-c1cccc(C(=O)NCCCCCNC(=O)CCc2ccc(N3CC(C(N)=O)C3)s2)c1. The van der Waals surface area contributed by atoms with E-state index in [1.807, 2.05) is 31.2 Å². The van der Waals surface area contributed by atoms with Crippen LogP contribution in [0.2, 0.25) is 0 Å². The molecule has 0 spiro atoms. The third kappa shape index (κ3) is 8.72. The number of unbranched alkanes of at least 4 members (excludes halogenated alkanes) is 2. The standard InChI is InChI=1S/C40H42F2N6O6S/c1-24-8-13-32(47-38(52)39(16-17-39)28-9-12-30-31(21-28)54-40(41,42)53-30)46-35(24)25-6-5-7-26(20-25)37(51)45-19-4-2-3-18-44-33(49)14-10-29-11-15-34(55-29)48-22-27(23-48)36(43)50/h5-9,11-13,15,20-21,27H,2-4,10,14,16-19,22-23H2,1H3,(H2,43,50)(H,44,49)(H,45,51)(H,46,47,52). The highest BCUT2D eigenvalue weighted by molar-refractivity contribution is 7.16. The van der Waals surface area contributed by atoms with Gasteiger partial charge in [-0.2, -0.15) is 0 Å². The molecule has 288 valence electrons. The van der Waals surface area contributed by atoms with Gasteiger partial charge in [0.1, 0.15) is 5.82 Å². The molecule has 15 heteroatoms. The number of carbonyl (C=O) groups excluding carboxylic acids is 4. The largest absolute Gasteiger partial charge is 0.586 e. The van der Waals surface area contributed by atoms with Gasteiger partial charge in [0.15, 0.2) is 11.5 Å². The molecular weight excluding hydrogens is 731 g/mol. The fourth-order valence-corrected chi connectivity index (χ4v) is 7.77. The fourth-order valence-electron chi connectivity index (χ4n) is 6.75. The maximum Gasteiger partial charge on any atom is 0.586 e. The number of fused-ring (bicyclic) bond motifs is 1. The average molecular weight is 773 g/mol. The summed E-state index contributed by atoms with van der Waals surface area (Å²) in [7, 11) is 0. The molecule has 0 unspecified atom stereocenters. The Hall–Kier alpha value is -5.57. The third-order valence-electron chi connectivity index (χ3n) is 10.2. The minimum absolute atomic E-state index is 0.00311. The maximum absolute atomic E-state index is 13.6. The second-order valence-electron chi connectivity index (χ2n) is 14.2. The molecule has 12 nitrogen and oxygen atoms in total. The van der Waals surface area contributed by atoms with Crippen molar-refractivity contribution < 1.29 is 37.4 Å². The van der Waals surface area contributed by atoms with E-state index < -0.39 is 11.7 Å². The zero-order valence-electron chi connectivity index (χ0n) is 30.3. The van der Waals surface area contributed by atoms with Crippen LogP contribution < -0.4 is 36.1 Å². The summed E-state index contributed by atoms with van der Waals surface area (Å²) >= 11 is 1.64. The number of rotatable bonds is 16. The molecule has 4 aromatic rings. The zero-order chi connectivity index (χ0) is 38.7. The molecule has 1 aliphatic carbocycles. The quantitative estimate of drug-likeness (QED) is 0.106. The van der Waals surface area contributed by atoms with Gasteiger partial charge in [-0.15, -0.1) is 20.1 Å². The number of aromatic nitrogens is 1. The Kier molecular flexibility index (Phi) is 10.7. The number of carbonyl (C=O) groups is 4. The van der Waals surface area contributed by atoms with Gasteiger partial charge >= 0.3 is 6.29 Å². The molecular formula is C40H42F2N6O6S. The van der Waals surface area contributed by atoms with Crippen molar-refractivity contribution in [1.29, 1.82) is 0 Å². The molecule has 2 fully saturated rings. The van der Waals surface area contributed by atoms with Crippen molar-refractivity contribution in [2.75, 3.05) is 36.4 Å². The molecule has 5 N–H and O–H groups in total. The Bertz CT molecular complexity index is 2110. The smallest absolute Gasteiger partial charge is 0.395 e. The van der Waals surface area contributed by atoms with Crippen molar-refractivity contribution in [2.45, 2.75) is 63.6 Å². The van der Waals surface area contributed by atoms with E-state index in [9.17, 15) is 28.0 Å². The van der Waals surface area contributed by atoms with Crippen molar-refractivity contribution in [3.63, 3.8) is 0 Å². The van der Waals surface area contributed by atoms with Crippen LogP contribution in [0, 0.1) is 12.8 Å². The predicted octanol–water partition coefficient (Wildman–Crippen LogP) is 5.68. The molecule has 2 aromatic carbocycles. The van der Waals surface area contributed by atoms with Crippen LogP contribution in [0.3, 0.4) is 0 Å². The number of nitrogens with one attached hydrogen (secondary N) is 3. The first-order valence-corrected chi connectivity index (χ1v) is 19.2. The second-order valence-corrected chi connectivity index (χ2v) is 15.4. The van der Waals surface area contributed by atoms with E-state index >= 15 is 0 Å². The van der Waals surface area contributed by atoms with Crippen molar-refractivity contribution >= 4 is 45.8 Å². The molecule has 4 amide bonds. The summed E-state index contributed by atoms with van der Waals surface area (Å²) in [6.45, 7) is 4.25. The highest BCUT2D eigenvalue weighted by Crippen LogP contribution is 2.52. The Morgan fingerprint density at radius 2 is 1.69 bits per heavy atom. The molecule has 0 radical (unpaired) electrons. The number of pyridine rings is 1. The lowest BCUT2D eigenvalue weighted by Gasteiger charge is -2.38. The second kappa shape index (κ2) is 15.7. The van der Waals surface area contributed by atoms with Crippen molar-refractivity contribution in [2.24, 2.45) is 11.7 Å². The number of ether oxygens (including phenoxy) is 2. The number of hydrogen-bond donors (Lipinski definition) is 4. The topological polar surface area (TPSA) is 165 Å². The van der Waals surface area contributed by atoms with E-state index in [1.165, 1.54) is 12.1 Å². The van der Waals surface area contributed by atoms with Crippen LogP contribution in [0.4, 0.5) is 19.6 Å². The number of aryl methyl sites for hydroxylation is 2. The van der Waals surface area contributed by atoms with Gasteiger partial charge in [-0.1, -0.05) is 24.3 Å². The molecule has 3 aliphatic rings. The van der Waals surface area contributed by atoms with E-state index in [0.717, 1.165) is 34.7 Å². The minimum atomic E-state index is -3.74. The van der Waals surface area contributed by atoms with Gasteiger partial charge < -0.3 is 36.1 Å². The Morgan fingerprint density at radius 1 is 0.927 bits per heavy atom. The normalized spacial score (nSPS) is 16.2. The summed E-state index contributed by atoms with van der Waals surface area (Å²) in [6, 6.07) is 19.1. The molecule has 1 saturated heterocycles. The Labute approximate surface area is 320 Å². The Balaban J connectivity index is 0.832. The molecule has 2 aliphatic heterocycles. The van der Waals surface area contributed by atoms with Gasteiger partial charge in [-0.25, -0.2) is 4.98 Å². The van der Waals surface area contributed by atoms with Gasteiger partial charge in [0, 0.05) is 48.6 Å². The molecule has 7 rings (SSSR count). The van der Waals surface area contributed by atoms with Crippen LogP contribution in [0.1, 0.15) is 64.9 Å². The monoisotopic (exact) mass is 772 g/mol. The number of thiophene rings is 1. The van der Waals surface area contributed by atoms with Crippen LogP contribution in [0.15, 0.2) is 66.7 Å². The number of nitrogens with two attached hydrogens (primary N) is 1. The molecule has 2 aromatic heterocycles. The van der Waals surface area contributed by atoms with Crippen LogP contribution in [-0.2, 0) is 26.2 Å². The number of amides is 4. The van der Waals surface area contributed by atoms with Gasteiger partial charge in [0.05, 0.1) is 22.0 Å². The molecule has 0 bridgehead atoms. The molecule has 0 atom stereocenters. The van der Waals surface area contributed by atoms with Crippen LogP contribution >= 0.6 is 11.3 Å². The number of hydrogen-bond acceptors (Lipinski definition) is 9. The van der Waals surface area contributed by atoms with Crippen LogP contribution in [0.5, 0.6) is 11.5 Å². The van der Waals surface area contributed by atoms with Crippen LogP contribution in [-0.4, -0.2) is 61.1 Å². The predicted molar refractivity (Wildman–Crippen MR) is 203 cm³/mol. The first kappa shape index (κ1) is 37.7. The van der Waals surface area contributed by atoms with Gasteiger partial charge in [-0.3, -0.25) is 19.2 Å². The summed E-state index contributed by atoms with van der Waals surface area (Å²) in [5, 5.41) is 9.93. The van der Waals surface area contributed by atoms with Crippen molar-refractivity contribution in [1.82, 2.24) is 15.6 Å². The van der Waals surface area contributed by atoms with Gasteiger partial charge in [0.2, 0.25) is 17.7 Å². The lowest BCUT2D eigenvalue weighted by atomic mass is 9.94. The summed E-state index contributed by atoms with van der Waals surface area (Å²) in [6.07, 6.45) is 0.807. The first-order valence-electron chi connectivity index (χ1n) is 18.4. The summed E-state index contributed by atoms with van der Waals surface area (Å²) < 4.78 is 36.2. The van der Waals surface area contributed by atoms with E-state index in [1.54, 1.807) is 41.7 Å². The molecule has 55 heavy (non-hydrogen) atoms. The Morgan fingerprint density at radius 3 is 2.45 bits per heavy atom. The minimum Gasteiger partial charge on any atom is -0.395 e.